The summed E-state index contributed by atoms with van der Waals surface area (Å²) in [4.78, 5) is 25.7. The smallest absolute Gasteiger partial charge is 0.307 e. The second kappa shape index (κ2) is 7.70. The van der Waals surface area contributed by atoms with Crippen molar-refractivity contribution in [1.82, 2.24) is 4.90 Å². The molecule has 2 aliphatic rings. The van der Waals surface area contributed by atoms with Crippen LogP contribution in [-0.2, 0) is 9.59 Å². The van der Waals surface area contributed by atoms with Gasteiger partial charge < -0.3 is 5.11 Å². The SMILES string of the molecule is O=C(O)C/C=C1\CN(C(C(=O)C2CC2)c2ccccc2F)CCC1S. The normalized spacial score (nSPS) is 24.2. The Morgan fingerprint density at radius 3 is 2.68 bits per heavy atom. The van der Waals surface area contributed by atoms with Gasteiger partial charge in [-0.1, -0.05) is 24.3 Å². The lowest BCUT2D eigenvalue weighted by Crippen LogP contribution is -2.42. The lowest BCUT2D eigenvalue weighted by Gasteiger charge is -2.37. The molecule has 1 saturated carbocycles. The maximum atomic E-state index is 14.4. The zero-order valence-corrected chi connectivity index (χ0v) is 14.8. The molecule has 4 nitrogen and oxygen atoms in total. The zero-order valence-electron chi connectivity index (χ0n) is 13.9. The molecule has 1 heterocycles. The van der Waals surface area contributed by atoms with Gasteiger partial charge in [-0.3, -0.25) is 14.5 Å². The van der Waals surface area contributed by atoms with Crippen LogP contribution in [0, 0.1) is 11.7 Å². The highest BCUT2D eigenvalue weighted by molar-refractivity contribution is 7.81. The molecule has 1 aromatic rings. The van der Waals surface area contributed by atoms with Crippen LogP contribution in [0.1, 0.15) is 37.3 Å². The van der Waals surface area contributed by atoms with Gasteiger partial charge in [0, 0.05) is 29.8 Å². The molecule has 1 saturated heterocycles. The van der Waals surface area contributed by atoms with Crippen molar-refractivity contribution in [1.29, 1.82) is 0 Å². The number of carbonyl (C=O) groups excluding carboxylic acids is 1. The Bertz CT molecular complexity index is 702. The van der Waals surface area contributed by atoms with Gasteiger partial charge in [-0.05, 0) is 30.9 Å². The van der Waals surface area contributed by atoms with Crippen molar-refractivity contribution in [2.75, 3.05) is 13.1 Å². The van der Waals surface area contributed by atoms with E-state index in [0.717, 1.165) is 18.4 Å². The van der Waals surface area contributed by atoms with Gasteiger partial charge in [0.15, 0.2) is 5.78 Å². The number of likely N-dealkylation sites (tertiary alicyclic amines) is 1. The number of hydrogen-bond acceptors (Lipinski definition) is 4. The van der Waals surface area contributed by atoms with Gasteiger partial charge in [0.2, 0.25) is 0 Å². The van der Waals surface area contributed by atoms with E-state index in [9.17, 15) is 14.0 Å². The molecule has 3 rings (SSSR count). The molecular formula is C19H22FNO3S. The third-order valence-electron chi connectivity index (χ3n) is 4.86. The number of hydrogen-bond donors (Lipinski definition) is 2. The lowest BCUT2D eigenvalue weighted by atomic mass is 9.93. The topological polar surface area (TPSA) is 57.6 Å². The molecule has 1 aliphatic carbocycles. The number of carbonyl (C=O) groups is 2. The predicted octanol–water partition coefficient (Wildman–Crippen LogP) is 3.25. The van der Waals surface area contributed by atoms with Crippen molar-refractivity contribution < 1.29 is 19.1 Å². The fourth-order valence-corrected chi connectivity index (χ4v) is 3.65. The average molecular weight is 363 g/mol. The van der Waals surface area contributed by atoms with Gasteiger partial charge in [0.05, 0.1) is 12.5 Å². The summed E-state index contributed by atoms with van der Waals surface area (Å²) in [6.45, 7) is 1.08. The highest BCUT2D eigenvalue weighted by atomic mass is 32.1. The number of nitrogens with zero attached hydrogens (tertiary/aromatic N) is 1. The molecule has 0 radical (unpaired) electrons. The summed E-state index contributed by atoms with van der Waals surface area (Å²) < 4.78 is 14.4. The molecular weight excluding hydrogens is 341 g/mol. The number of carboxylic acid groups (broad SMARTS) is 1. The summed E-state index contributed by atoms with van der Waals surface area (Å²) in [5.41, 5.74) is 1.30. The van der Waals surface area contributed by atoms with Crippen molar-refractivity contribution >= 4 is 24.4 Å². The molecule has 2 unspecified atom stereocenters. The van der Waals surface area contributed by atoms with Crippen molar-refractivity contribution in [2.45, 2.75) is 37.0 Å². The first-order valence-electron chi connectivity index (χ1n) is 8.58. The van der Waals surface area contributed by atoms with Crippen molar-refractivity contribution in [3.63, 3.8) is 0 Å². The van der Waals surface area contributed by atoms with Gasteiger partial charge in [0.25, 0.3) is 0 Å². The highest BCUT2D eigenvalue weighted by Gasteiger charge is 2.40. The van der Waals surface area contributed by atoms with Crippen LogP contribution >= 0.6 is 12.6 Å². The number of thiol groups is 1. The molecule has 25 heavy (non-hydrogen) atoms. The van der Waals surface area contributed by atoms with E-state index in [-0.39, 0.29) is 29.2 Å². The highest BCUT2D eigenvalue weighted by Crippen LogP contribution is 2.39. The number of rotatable bonds is 6. The first-order chi connectivity index (χ1) is 12.0. The van der Waals surface area contributed by atoms with Crippen molar-refractivity contribution in [2.24, 2.45) is 5.92 Å². The fraction of sp³-hybridized carbons (Fsp3) is 0.474. The van der Waals surface area contributed by atoms with E-state index in [1.165, 1.54) is 6.07 Å². The van der Waals surface area contributed by atoms with Crippen LogP contribution in [0.15, 0.2) is 35.9 Å². The number of aliphatic carboxylic acids is 1. The third-order valence-corrected chi connectivity index (χ3v) is 5.45. The summed E-state index contributed by atoms with van der Waals surface area (Å²) in [5.74, 6) is -1.18. The quantitative estimate of drug-likeness (QED) is 0.602. The molecule has 2 fully saturated rings. The number of Topliss-reactive ketones (excluding diaryl/α,β-unsaturated/α-hetero) is 1. The molecule has 0 bridgehead atoms. The number of benzene rings is 1. The maximum Gasteiger partial charge on any atom is 0.307 e. The Balaban J connectivity index is 1.88. The van der Waals surface area contributed by atoms with Gasteiger partial charge in [-0.25, -0.2) is 4.39 Å². The molecule has 1 aliphatic heterocycles. The molecule has 2 atom stereocenters. The Labute approximate surface area is 152 Å². The second-order valence-corrected chi connectivity index (χ2v) is 7.38. The van der Waals surface area contributed by atoms with E-state index in [4.69, 9.17) is 5.11 Å². The molecule has 6 heteroatoms. The summed E-state index contributed by atoms with van der Waals surface area (Å²) in [6.07, 6.45) is 4.05. The molecule has 1 N–H and O–H groups in total. The standard InChI is InChI=1S/C19H22FNO3S/c20-15-4-2-1-3-14(15)18(19(24)12-5-6-12)21-10-9-16(25)13(11-21)7-8-17(22)23/h1-4,7,12,16,18,25H,5-6,8-11H2,(H,22,23)/b13-7+. The van der Waals surface area contributed by atoms with Crippen LogP contribution in [0.2, 0.25) is 0 Å². The first-order valence-corrected chi connectivity index (χ1v) is 9.10. The zero-order chi connectivity index (χ0) is 18.0. The van der Waals surface area contributed by atoms with Crippen LogP contribution < -0.4 is 0 Å². The lowest BCUT2D eigenvalue weighted by molar-refractivity contribution is -0.136. The van der Waals surface area contributed by atoms with E-state index >= 15 is 0 Å². The van der Waals surface area contributed by atoms with Crippen molar-refractivity contribution in [3.8, 4) is 0 Å². The number of ketones is 1. The van der Waals surface area contributed by atoms with Crippen molar-refractivity contribution in [3.05, 3.63) is 47.3 Å². The van der Waals surface area contributed by atoms with Gasteiger partial charge in [-0.15, -0.1) is 0 Å². The number of carboxylic acids is 1. The van der Waals surface area contributed by atoms with Crippen LogP contribution in [-0.4, -0.2) is 40.1 Å². The Morgan fingerprint density at radius 2 is 2.04 bits per heavy atom. The molecule has 0 amide bonds. The van der Waals surface area contributed by atoms with E-state index < -0.39 is 12.0 Å². The first kappa shape index (κ1) is 18.1. The van der Waals surface area contributed by atoms with Gasteiger partial charge in [0.1, 0.15) is 5.82 Å². The third kappa shape index (κ3) is 4.30. The van der Waals surface area contributed by atoms with E-state index in [0.29, 0.717) is 25.1 Å². The minimum Gasteiger partial charge on any atom is -0.481 e. The van der Waals surface area contributed by atoms with Crippen LogP contribution in [0.25, 0.3) is 0 Å². The Hall–Kier alpha value is -1.66. The monoisotopic (exact) mass is 363 g/mol. The molecule has 1 aromatic carbocycles. The van der Waals surface area contributed by atoms with Gasteiger partial charge in [-0.2, -0.15) is 12.6 Å². The molecule has 0 aromatic heterocycles. The summed E-state index contributed by atoms with van der Waals surface area (Å²) >= 11 is 4.53. The molecule has 134 valence electrons. The summed E-state index contributed by atoms with van der Waals surface area (Å²) in [7, 11) is 0. The predicted molar refractivity (Wildman–Crippen MR) is 96.2 cm³/mol. The summed E-state index contributed by atoms with van der Waals surface area (Å²) in [6, 6.07) is 5.82. The Kier molecular flexibility index (Phi) is 5.59. The number of piperidine rings is 1. The maximum absolute atomic E-state index is 14.4. The van der Waals surface area contributed by atoms with E-state index in [1.807, 2.05) is 4.90 Å². The Morgan fingerprint density at radius 1 is 1.32 bits per heavy atom. The van der Waals surface area contributed by atoms with Crippen LogP contribution in [0.3, 0.4) is 0 Å². The average Bonchev–Trinajstić information content (AvgIpc) is 3.41. The molecule has 0 spiro atoms. The summed E-state index contributed by atoms with van der Waals surface area (Å²) in [5, 5.41) is 8.88. The minimum absolute atomic E-state index is 0.0183. The van der Waals surface area contributed by atoms with Crippen LogP contribution in [0.4, 0.5) is 4.39 Å². The fourth-order valence-electron chi connectivity index (χ4n) is 3.35. The van der Waals surface area contributed by atoms with Gasteiger partial charge >= 0.3 is 5.97 Å². The second-order valence-electron chi connectivity index (χ2n) is 6.75. The van der Waals surface area contributed by atoms with E-state index in [1.54, 1.807) is 24.3 Å². The number of halogens is 1. The van der Waals surface area contributed by atoms with Crippen LogP contribution in [0.5, 0.6) is 0 Å². The minimum atomic E-state index is -0.898. The largest absolute Gasteiger partial charge is 0.481 e. The van der Waals surface area contributed by atoms with E-state index in [2.05, 4.69) is 12.6 Å².